The van der Waals surface area contributed by atoms with Crippen LogP contribution in [0, 0.1) is 0 Å². The summed E-state index contributed by atoms with van der Waals surface area (Å²) >= 11 is 0. The van der Waals surface area contributed by atoms with Crippen molar-refractivity contribution in [1.82, 2.24) is 10.2 Å². The Bertz CT molecular complexity index is 254. The lowest BCUT2D eigenvalue weighted by Crippen LogP contribution is -2.70. The van der Waals surface area contributed by atoms with E-state index in [4.69, 9.17) is 0 Å². The summed E-state index contributed by atoms with van der Waals surface area (Å²) in [6.45, 7) is 11.8. The Balaban J connectivity index is 2.18. The van der Waals surface area contributed by atoms with Gasteiger partial charge in [0.15, 0.2) is 0 Å². The standard InChI is InChI=1S/C15H30N2/c1-5-13(2)17-12-14(3,4)16-11-15(17)9-7-6-8-10-15/h13,16H,5-12H2,1-4H3. The fraction of sp³-hybridized carbons (Fsp3) is 1.00. The minimum atomic E-state index is 0.284. The first kappa shape index (κ1) is 13.4. The van der Waals surface area contributed by atoms with E-state index >= 15 is 0 Å². The molecule has 0 bridgehead atoms. The van der Waals surface area contributed by atoms with Crippen LogP contribution in [0.4, 0.5) is 0 Å². The zero-order valence-corrected chi connectivity index (χ0v) is 12.2. The summed E-state index contributed by atoms with van der Waals surface area (Å²) in [4.78, 5) is 2.84. The predicted octanol–water partition coefficient (Wildman–Crippen LogP) is 3.17. The first-order chi connectivity index (χ1) is 7.99. The van der Waals surface area contributed by atoms with Crippen molar-refractivity contribution in [2.75, 3.05) is 13.1 Å². The fourth-order valence-corrected chi connectivity index (χ4v) is 3.67. The average molecular weight is 238 g/mol. The molecule has 1 spiro atoms. The number of hydrogen-bond donors (Lipinski definition) is 1. The van der Waals surface area contributed by atoms with Crippen molar-refractivity contribution in [3.63, 3.8) is 0 Å². The number of rotatable bonds is 2. The molecular formula is C15H30N2. The van der Waals surface area contributed by atoms with Gasteiger partial charge in [-0.3, -0.25) is 4.90 Å². The Morgan fingerprint density at radius 3 is 2.41 bits per heavy atom. The van der Waals surface area contributed by atoms with Gasteiger partial charge in [0.2, 0.25) is 0 Å². The highest BCUT2D eigenvalue weighted by Crippen LogP contribution is 2.38. The Hall–Kier alpha value is -0.0800. The van der Waals surface area contributed by atoms with Gasteiger partial charge in [-0.25, -0.2) is 0 Å². The average Bonchev–Trinajstić information content (AvgIpc) is 2.33. The molecule has 2 aliphatic rings. The second kappa shape index (κ2) is 4.89. The van der Waals surface area contributed by atoms with Crippen LogP contribution >= 0.6 is 0 Å². The topological polar surface area (TPSA) is 15.3 Å². The summed E-state index contributed by atoms with van der Waals surface area (Å²) in [5.74, 6) is 0. The maximum atomic E-state index is 3.79. The van der Waals surface area contributed by atoms with Crippen molar-refractivity contribution in [1.29, 1.82) is 0 Å². The molecule has 100 valence electrons. The highest BCUT2D eigenvalue weighted by Gasteiger charge is 2.45. The van der Waals surface area contributed by atoms with Gasteiger partial charge in [0.25, 0.3) is 0 Å². The second-order valence-corrected chi connectivity index (χ2v) is 6.91. The monoisotopic (exact) mass is 238 g/mol. The number of nitrogens with zero attached hydrogens (tertiary/aromatic N) is 1. The van der Waals surface area contributed by atoms with Crippen molar-refractivity contribution in [3.05, 3.63) is 0 Å². The van der Waals surface area contributed by atoms with E-state index < -0.39 is 0 Å². The van der Waals surface area contributed by atoms with E-state index in [0.717, 1.165) is 6.04 Å². The van der Waals surface area contributed by atoms with Gasteiger partial charge in [0.05, 0.1) is 0 Å². The van der Waals surface area contributed by atoms with Crippen LogP contribution in [0.3, 0.4) is 0 Å². The molecule has 1 saturated carbocycles. The highest BCUT2D eigenvalue weighted by atomic mass is 15.3. The molecule has 1 aliphatic heterocycles. The summed E-state index contributed by atoms with van der Waals surface area (Å²) in [7, 11) is 0. The summed E-state index contributed by atoms with van der Waals surface area (Å²) in [6.07, 6.45) is 8.38. The Labute approximate surface area is 107 Å². The molecule has 0 aromatic heterocycles. The molecule has 2 fully saturated rings. The molecule has 1 aliphatic carbocycles. The van der Waals surface area contributed by atoms with Crippen molar-refractivity contribution in [3.8, 4) is 0 Å². The SMILES string of the molecule is CCC(C)N1CC(C)(C)NCC12CCCCC2. The Morgan fingerprint density at radius 2 is 1.82 bits per heavy atom. The quantitative estimate of drug-likeness (QED) is 0.795. The minimum absolute atomic E-state index is 0.284. The van der Waals surface area contributed by atoms with E-state index in [1.807, 2.05) is 0 Å². The first-order valence-electron chi connectivity index (χ1n) is 7.51. The third kappa shape index (κ3) is 2.68. The van der Waals surface area contributed by atoms with Gasteiger partial charge in [-0.1, -0.05) is 26.2 Å². The minimum Gasteiger partial charge on any atom is -0.309 e. The van der Waals surface area contributed by atoms with Gasteiger partial charge in [-0.05, 0) is 40.0 Å². The molecule has 2 heteroatoms. The van der Waals surface area contributed by atoms with E-state index in [2.05, 4.69) is 37.9 Å². The summed E-state index contributed by atoms with van der Waals surface area (Å²) in [6, 6.07) is 0.731. The lowest BCUT2D eigenvalue weighted by Gasteiger charge is -2.56. The van der Waals surface area contributed by atoms with E-state index in [1.54, 1.807) is 0 Å². The van der Waals surface area contributed by atoms with Gasteiger partial charge in [0.1, 0.15) is 0 Å². The molecule has 0 amide bonds. The van der Waals surface area contributed by atoms with Gasteiger partial charge < -0.3 is 5.32 Å². The van der Waals surface area contributed by atoms with Gasteiger partial charge in [-0.2, -0.15) is 0 Å². The van der Waals surface area contributed by atoms with Crippen LogP contribution in [-0.4, -0.2) is 35.1 Å². The zero-order valence-electron chi connectivity index (χ0n) is 12.2. The normalized spacial score (nSPS) is 30.4. The van der Waals surface area contributed by atoms with Crippen molar-refractivity contribution >= 4 is 0 Å². The van der Waals surface area contributed by atoms with E-state index in [0.29, 0.717) is 5.54 Å². The van der Waals surface area contributed by atoms with Gasteiger partial charge in [-0.15, -0.1) is 0 Å². The fourth-order valence-electron chi connectivity index (χ4n) is 3.67. The molecule has 0 aromatic rings. The summed E-state index contributed by atoms with van der Waals surface area (Å²) in [5.41, 5.74) is 0.759. The van der Waals surface area contributed by atoms with Gasteiger partial charge >= 0.3 is 0 Å². The van der Waals surface area contributed by atoms with Crippen LogP contribution in [0.2, 0.25) is 0 Å². The van der Waals surface area contributed by atoms with Crippen molar-refractivity contribution in [2.24, 2.45) is 0 Å². The smallest absolute Gasteiger partial charge is 0.0337 e. The molecule has 1 atom stereocenters. The largest absolute Gasteiger partial charge is 0.309 e. The molecule has 17 heavy (non-hydrogen) atoms. The van der Waals surface area contributed by atoms with Gasteiger partial charge in [0, 0.05) is 30.2 Å². The summed E-state index contributed by atoms with van der Waals surface area (Å²) < 4.78 is 0. The van der Waals surface area contributed by atoms with Crippen LogP contribution in [0.1, 0.15) is 66.2 Å². The molecule has 0 radical (unpaired) electrons. The van der Waals surface area contributed by atoms with Crippen LogP contribution < -0.4 is 5.32 Å². The third-order valence-electron chi connectivity index (χ3n) is 4.98. The molecular weight excluding hydrogens is 208 g/mol. The third-order valence-corrected chi connectivity index (χ3v) is 4.98. The highest BCUT2D eigenvalue weighted by molar-refractivity contribution is 5.04. The lowest BCUT2D eigenvalue weighted by molar-refractivity contribution is -0.0364. The van der Waals surface area contributed by atoms with Crippen molar-refractivity contribution in [2.45, 2.75) is 83.3 Å². The number of nitrogens with one attached hydrogen (secondary N) is 1. The van der Waals surface area contributed by atoms with E-state index in [1.165, 1.54) is 51.6 Å². The lowest BCUT2D eigenvalue weighted by atomic mass is 9.76. The number of piperazine rings is 1. The molecule has 1 saturated heterocycles. The first-order valence-corrected chi connectivity index (χ1v) is 7.51. The molecule has 2 rings (SSSR count). The Morgan fingerprint density at radius 1 is 1.18 bits per heavy atom. The predicted molar refractivity (Wildman–Crippen MR) is 74.4 cm³/mol. The molecule has 0 aromatic carbocycles. The maximum absolute atomic E-state index is 3.79. The van der Waals surface area contributed by atoms with Crippen molar-refractivity contribution < 1.29 is 0 Å². The molecule has 1 N–H and O–H groups in total. The molecule has 2 nitrogen and oxygen atoms in total. The van der Waals surface area contributed by atoms with Crippen LogP contribution in [-0.2, 0) is 0 Å². The molecule has 1 unspecified atom stereocenters. The van der Waals surface area contributed by atoms with Crippen LogP contribution in [0.25, 0.3) is 0 Å². The number of hydrogen-bond acceptors (Lipinski definition) is 2. The van der Waals surface area contributed by atoms with Crippen LogP contribution in [0.5, 0.6) is 0 Å². The summed E-state index contributed by atoms with van der Waals surface area (Å²) in [5, 5.41) is 3.79. The molecule has 1 heterocycles. The van der Waals surface area contributed by atoms with E-state index in [-0.39, 0.29) is 5.54 Å². The van der Waals surface area contributed by atoms with Crippen LogP contribution in [0.15, 0.2) is 0 Å². The van der Waals surface area contributed by atoms with E-state index in [9.17, 15) is 0 Å². The maximum Gasteiger partial charge on any atom is 0.0337 e. The Kier molecular flexibility index (Phi) is 3.84. The second-order valence-electron chi connectivity index (χ2n) is 6.91. The zero-order chi connectivity index (χ0) is 12.5.